The monoisotopic (exact) mass is 759 g/mol. The Morgan fingerprint density at radius 3 is 1.43 bits per heavy atom. The molecule has 0 bridgehead atoms. The van der Waals surface area contributed by atoms with Gasteiger partial charge in [-0.15, -0.1) is 23.5 Å². The zero-order valence-electron chi connectivity index (χ0n) is 30.5. The van der Waals surface area contributed by atoms with Crippen molar-refractivity contribution >= 4 is 104 Å². The van der Waals surface area contributed by atoms with Gasteiger partial charge in [0.2, 0.25) is 0 Å². The van der Waals surface area contributed by atoms with E-state index in [1.807, 2.05) is 6.07 Å². The van der Waals surface area contributed by atoms with Crippen molar-refractivity contribution in [1.82, 2.24) is 0 Å². The number of hydrogen-bond donors (Lipinski definition) is 1. The van der Waals surface area contributed by atoms with Crippen LogP contribution in [0.1, 0.15) is 5.56 Å². The summed E-state index contributed by atoms with van der Waals surface area (Å²) in [5, 5.41) is 3.82. The van der Waals surface area contributed by atoms with Gasteiger partial charge in [-0.2, -0.15) is 0 Å². The van der Waals surface area contributed by atoms with Gasteiger partial charge in [-0.1, -0.05) is 48.5 Å². The quantitative estimate of drug-likeness (QED) is 0.182. The molecule has 0 radical (unpaired) electrons. The number of aryl methyl sites for hydroxylation is 1. The van der Waals surface area contributed by atoms with Gasteiger partial charge < -0.3 is 29.0 Å². The maximum absolute atomic E-state index is 6.94. The summed E-state index contributed by atoms with van der Waals surface area (Å²) in [7, 11) is 0. The lowest BCUT2D eigenvalue weighted by Crippen LogP contribution is -2.63. The minimum atomic E-state index is -0.150. The number of nitrogens with one attached hydrogen (secondary N) is 1. The summed E-state index contributed by atoms with van der Waals surface area (Å²) in [5.74, 6) is 8.39. The highest BCUT2D eigenvalue weighted by atomic mass is 32.2. The van der Waals surface area contributed by atoms with E-state index in [9.17, 15) is 0 Å². The van der Waals surface area contributed by atoms with Crippen LogP contribution in [0.5, 0.6) is 57.5 Å². The smallest absolute Gasteiger partial charge is 0.260 e. The van der Waals surface area contributed by atoms with Crippen LogP contribution in [0.3, 0.4) is 0 Å². The molecule has 0 aromatic heterocycles. The Kier molecular flexibility index (Phi) is 6.28. The summed E-state index contributed by atoms with van der Waals surface area (Å²) in [4.78, 5) is 2.23. The number of ether oxygens (including phenoxy) is 5. The summed E-state index contributed by atoms with van der Waals surface area (Å²) >= 11 is 3.40. The van der Waals surface area contributed by atoms with Crippen LogP contribution in [0.25, 0.3) is 0 Å². The largest absolute Gasteiger partial charge is 0.458 e. The van der Waals surface area contributed by atoms with Gasteiger partial charge in [0.25, 0.3) is 20.1 Å². The zero-order chi connectivity index (χ0) is 37.0. The van der Waals surface area contributed by atoms with Crippen molar-refractivity contribution in [3.8, 4) is 57.5 Å². The van der Waals surface area contributed by atoms with Crippen molar-refractivity contribution in [2.45, 2.75) is 16.7 Å². The Labute approximate surface area is 333 Å². The number of hydrogen-bond acceptors (Lipinski definition) is 8. The van der Waals surface area contributed by atoms with E-state index in [1.165, 1.54) is 5.46 Å². The van der Waals surface area contributed by atoms with Crippen molar-refractivity contribution in [2.24, 2.45) is 0 Å². The van der Waals surface area contributed by atoms with Gasteiger partial charge in [-0.25, -0.2) is 0 Å². The van der Waals surface area contributed by atoms with E-state index >= 15 is 0 Å². The highest BCUT2D eigenvalue weighted by molar-refractivity contribution is 7.98. The SMILES string of the molecule is CSc1cc2c3c(c1)Oc1ccccc1B3c1cc3c(cc1N2)Oc1cc(SC)cc2c1B3c1cc3c(cc1O2)Oc1cc(C)cc2c1B3c1ccccc1O2. The lowest BCUT2D eigenvalue weighted by Gasteiger charge is -2.38. The van der Waals surface area contributed by atoms with Crippen LogP contribution < -0.4 is 78.2 Å². The molecule has 264 valence electrons. The summed E-state index contributed by atoms with van der Waals surface area (Å²) in [5.41, 5.74) is 13.2. The van der Waals surface area contributed by atoms with E-state index < -0.39 is 0 Å². The first-order valence-electron chi connectivity index (χ1n) is 18.8. The minimum absolute atomic E-state index is 0.0181. The Bertz CT molecular complexity index is 2970. The van der Waals surface area contributed by atoms with Gasteiger partial charge in [0, 0.05) is 44.2 Å². The van der Waals surface area contributed by atoms with Crippen molar-refractivity contribution < 1.29 is 23.7 Å². The minimum Gasteiger partial charge on any atom is -0.458 e. The van der Waals surface area contributed by atoms with Crippen LogP contribution in [0.15, 0.2) is 119 Å². The predicted octanol–water partition coefficient (Wildman–Crippen LogP) is 5.57. The van der Waals surface area contributed by atoms with Crippen LogP contribution in [-0.4, -0.2) is 32.6 Å². The van der Waals surface area contributed by atoms with Gasteiger partial charge in [-0.3, -0.25) is 0 Å². The number of rotatable bonds is 2. The highest BCUT2D eigenvalue weighted by Gasteiger charge is 2.47. The van der Waals surface area contributed by atoms with Crippen molar-refractivity contribution in [3.63, 3.8) is 0 Å². The van der Waals surface area contributed by atoms with Gasteiger partial charge in [0.15, 0.2) is 0 Å². The fourth-order valence-electron chi connectivity index (χ4n) is 9.83. The number of benzene rings is 7. The molecular formula is C45H28B3NO5S2. The summed E-state index contributed by atoms with van der Waals surface area (Å²) < 4.78 is 33.8. The van der Waals surface area contributed by atoms with Gasteiger partial charge >= 0.3 is 0 Å². The molecular weight excluding hydrogens is 731 g/mol. The number of thioether (sulfide) groups is 2. The molecule has 13 rings (SSSR count). The van der Waals surface area contributed by atoms with Crippen molar-refractivity contribution in [2.75, 3.05) is 17.8 Å². The van der Waals surface area contributed by atoms with Crippen LogP contribution in [-0.2, 0) is 0 Å². The molecule has 0 spiro atoms. The van der Waals surface area contributed by atoms with E-state index in [0.29, 0.717) is 0 Å². The number of fused-ring (bicyclic) bond motifs is 12. The average molecular weight is 759 g/mol. The van der Waals surface area contributed by atoms with Gasteiger partial charge in [0.05, 0.1) is 0 Å². The molecule has 0 atom stereocenters. The molecule has 6 nitrogen and oxygen atoms in total. The maximum atomic E-state index is 6.94. The first kappa shape index (κ1) is 31.4. The van der Waals surface area contributed by atoms with Crippen LogP contribution >= 0.6 is 23.5 Å². The third-order valence-corrected chi connectivity index (χ3v) is 13.6. The summed E-state index contributed by atoms with van der Waals surface area (Å²) in [6, 6.07) is 38.8. The molecule has 7 aromatic carbocycles. The third kappa shape index (κ3) is 4.19. The second kappa shape index (κ2) is 11.2. The van der Waals surface area contributed by atoms with E-state index in [2.05, 4.69) is 128 Å². The Hall–Kier alpha value is -5.77. The highest BCUT2D eigenvalue weighted by Crippen LogP contribution is 2.42. The Morgan fingerprint density at radius 2 is 0.839 bits per heavy atom. The van der Waals surface area contributed by atoms with Crippen LogP contribution in [0.4, 0.5) is 11.4 Å². The molecule has 11 heteroatoms. The summed E-state index contributed by atoms with van der Waals surface area (Å²) in [6.45, 7) is 1.85. The molecule has 56 heavy (non-hydrogen) atoms. The van der Waals surface area contributed by atoms with Crippen LogP contribution in [0.2, 0.25) is 0 Å². The van der Waals surface area contributed by atoms with E-state index in [-0.39, 0.29) is 20.1 Å². The molecule has 0 saturated carbocycles. The maximum Gasteiger partial charge on any atom is 0.260 e. The molecule has 6 aliphatic heterocycles. The van der Waals surface area contributed by atoms with E-state index in [1.54, 1.807) is 23.5 Å². The normalized spacial score (nSPS) is 14.5. The molecule has 0 aliphatic carbocycles. The molecule has 0 saturated heterocycles. The topological polar surface area (TPSA) is 58.2 Å². The first-order chi connectivity index (χ1) is 27.5. The third-order valence-electron chi connectivity index (χ3n) is 12.2. The fraction of sp³-hybridized carbons (Fsp3) is 0.0667. The van der Waals surface area contributed by atoms with E-state index in [4.69, 9.17) is 23.7 Å². The molecule has 6 heterocycles. The Balaban J connectivity index is 1.05. The van der Waals surface area contributed by atoms with Gasteiger partial charge in [-0.05, 0) is 112 Å². The predicted molar refractivity (Wildman–Crippen MR) is 231 cm³/mol. The standard InChI is InChI=1S/C45H28B3NO5S2/c1-22-12-38-44-39(13-22)53-36-21-37-30(19-29(36)47(44)26-9-5-7-11-34(26)50-38)48-28-18-27-31(20-35(28)52-41-16-24(56-3)17-42(54-37)45(41)48)49-32-14-23(55-2)15-40-43(32)46(27)25-8-4-6-10-33(25)51-40/h4-21,49H,1-3H3. The van der Waals surface area contributed by atoms with Crippen molar-refractivity contribution in [1.29, 1.82) is 0 Å². The molecule has 0 unspecified atom stereocenters. The van der Waals surface area contributed by atoms with Crippen molar-refractivity contribution in [3.05, 3.63) is 115 Å². The zero-order valence-corrected chi connectivity index (χ0v) is 32.1. The second-order valence-electron chi connectivity index (χ2n) is 15.2. The molecule has 6 aliphatic rings. The second-order valence-corrected chi connectivity index (χ2v) is 17.0. The lowest BCUT2D eigenvalue weighted by molar-refractivity contribution is 0.450. The summed E-state index contributed by atoms with van der Waals surface area (Å²) in [6.07, 6.45) is 4.19. The lowest BCUT2D eigenvalue weighted by atomic mass is 9.30. The fourth-order valence-corrected chi connectivity index (χ4v) is 10.7. The molecule has 7 aromatic rings. The van der Waals surface area contributed by atoms with Gasteiger partial charge in [0.1, 0.15) is 57.5 Å². The molecule has 1 N–H and O–H groups in total. The van der Waals surface area contributed by atoms with Crippen LogP contribution in [0, 0.1) is 6.92 Å². The number of para-hydroxylation sites is 2. The average Bonchev–Trinajstić information content (AvgIpc) is 3.21. The molecule has 0 amide bonds. The van der Waals surface area contributed by atoms with E-state index in [0.717, 1.165) is 128 Å². The first-order valence-corrected chi connectivity index (χ1v) is 21.2. The number of anilines is 2. The Morgan fingerprint density at radius 1 is 0.393 bits per heavy atom. The molecule has 0 fully saturated rings.